The zero-order chi connectivity index (χ0) is 20.9. The number of para-hydroxylation sites is 2. The second-order valence-corrected chi connectivity index (χ2v) is 8.11. The van der Waals surface area contributed by atoms with Crippen molar-refractivity contribution in [1.82, 2.24) is 9.13 Å². The summed E-state index contributed by atoms with van der Waals surface area (Å²) in [5.74, 6) is 0. The largest absolute Gasteiger partial charge is 1.00 e. The smallest absolute Gasteiger partial charge is 0.205 e. The van der Waals surface area contributed by atoms with Crippen molar-refractivity contribution in [2.75, 3.05) is 26.2 Å². The van der Waals surface area contributed by atoms with E-state index in [1.54, 1.807) is 4.90 Å². The van der Waals surface area contributed by atoms with E-state index in [4.69, 9.17) is 10.1 Å². The van der Waals surface area contributed by atoms with E-state index in [2.05, 4.69) is 49.6 Å². The average molecular weight is 439 g/mol. The Morgan fingerprint density at radius 1 is 0.833 bits per heavy atom. The van der Waals surface area contributed by atoms with Gasteiger partial charge in [-0.05, 0) is 32.4 Å². The first-order chi connectivity index (χ1) is 14.2. The second-order valence-electron chi connectivity index (χ2n) is 8.11. The Kier molecular flexibility index (Phi) is 13.8. The Balaban J connectivity index is 0.00000450. The van der Waals surface area contributed by atoms with Crippen molar-refractivity contribution in [3.8, 4) is 0 Å². The molecule has 0 fully saturated rings. The lowest BCUT2D eigenvalue weighted by Crippen LogP contribution is -3.11. The molecule has 0 unspecified atom stereocenters. The molecule has 0 aliphatic carbocycles. The Bertz CT molecular complexity index is 751. The van der Waals surface area contributed by atoms with E-state index in [0.717, 1.165) is 50.2 Å². The number of hydrogen-bond donors (Lipinski definition) is 2. The average Bonchev–Trinajstić information content (AvgIpc) is 3.01. The van der Waals surface area contributed by atoms with Crippen LogP contribution < -0.4 is 22.9 Å². The Labute approximate surface area is 189 Å². The third-order valence-electron chi connectivity index (χ3n) is 6.03. The molecule has 0 amide bonds. The first-order valence-corrected chi connectivity index (χ1v) is 11.9. The molecular formula is C24H43ClN4O. The van der Waals surface area contributed by atoms with E-state index in [9.17, 15) is 0 Å². The molecule has 6 heteroatoms. The minimum absolute atomic E-state index is 0. The molecule has 2 N–H and O–H groups in total. The quantitative estimate of drug-likeness (QED) is 0.377. The fraction of sp³-hybridized carbons (Fsp3) is 0.708. The lowest BCUT2D eigenvalue weighted by Gasteiger charge is -2.15. The highest BCUT2D eigenvalue weighted by Gasteiger charge is 2.12. The summed E-state index contributed by atoms with van der Waals surface area (Å²) >= 11 is 0. The van der Waals surface area contributed by atoms with Gasteiger partial charge in [0, 0.05) is 6.61 Å². The number of likely N-dealkylation sites (N-methyl/N-ethyl adjacent to an activating group) is 1. The summed E-state index contributed by atoms with van der Waals surface area (Å²) in [6.07, 6.45) is 10.5. The van der Waals surface area contributed by atoms with Gasteiger partial charge in [-0.2, -0.15) is 0 Å². The molecule has 0 aliphatic rings. The highest BCUT2D eigenvalue weighted by Crippen LogP contribution is 2.13. The predicted molar refractivity (Wildman–Crippen MR) is 121 cm³/mol. The zero-order valence-corrected chi connectivity index (χ0v) is 20.1. The van der Waals surface area contributed by atoms with Crippen LogP contribution in [0.25, 0.3) is 11.0 Å². The lowest BCUT2D eigenvalue weighted by molar-refractivity contribution is -0.897. The monoisotopic (exact) mass is 438 g/mol. The maximum atomic E-state index is 8.70. The van der Waals surface area contributed by atoms with Gasteiger partial charge in [0.15, 0.2) is 0 Å². The van der Waals surface area contributed by atoms with Crippen LogP contribution in [0, 0.1) is 5.41 Å². The molecule has 0 saturated carbocycles. The molecular weight excluding hydrogens is 396 g/mol. The van der Waals surface area contributed by atoms with E-state index < -0.39 is 0 Å². The Morgan fingerprint density at radius 2 is 1.40 bits per heavy atom. The molecule has 0 radical (unpaired) electrons. The van der Waals surface area contributed by atoms with Crippen molar-refractivity contribution in [3.63, 3.8) is 0 Å². The molecule has 172 valence electrons. The highest BCUT2D eigenvalue weighted by atomic mass is 35.5. The summed E-state index contributed by atoms with van der Waals surface area (Å²) in [6, 6.07) is 8.35. The maximum absolute atomic E-state index is 8.70. The number of imidazole rings is 1. The van der Waals surface area contributed by atoms with Crippen molar-refractivity contribution in [3.05, 3.63) is 29.9 Å². The predicted octanol–water partition coefficient (Wildman–Crippen LogP) is 0.966. The van der Waals surface area contributed by atoms with Gasteiger partial charge in [0.25, 0.3) is 0 Å². The first kappa shape index (κ1) is 26.7. The van der Waals surface area contributed by atoms with Gasteiger partial charge in [0.2, 0.25) is 5.62 Å². The van der Waals surface area contributed by atoms with Crippen molar-refractivity contribution in [2.45, 2.75) is 85.4 Å². The molecule has 1 heterocycles. The number of unbranched alkanes of at least 4 members (excludes halogenated alkanes) is 7. The third kappa shape index (κ3) is 8.09. The number of rotatable bonds is 16. The SMILES string of the molecule is CCCCCCCCCCOCn1c(=N)n(CC[NH+](CC)CC)c2ccccc21.[Cl-]. The number of nitrogens with one attached hydrogen (secondary N) is 2. The van der Waals surface area contributed by atoms with Crippen molar-refractivity contribution >= 4 is 11.0 Å². The summed E-state index contributed by atoms with van der Waals surface area (Å²) < 4.78 is 10.1. The number of benzene rings is 1. The number of fused-ring (bicyclic) bond motifs is 1. The molecule has 1 aromatic heterocycles. The van der Waals surface area contributed by atoms with Gasteiger partial charge in [0.1, 0.15) is 6.73 Å². The lowest BCUT2D eigenvalue weighted by atomic mass is 10.1. The summed E-state index contributed by atoms with van der Waals surface area (Å²) in [7, 11) is 0. The van der Waals surface area contributed by atoms with Gasteiger partial charge in [-0.1, -0.05) is 64.0 Å². The van der Waals surface area contributed by atoms with Crippen LogP contribution in [-0.2, 0) is 18.0 Å². The van der Waals surface area contributed by atoms with Gasteiger partial charge in [-0.3, -0.25) is 9.98 Å². The molecule has 0 saturated heterocycles. The van der Waals surface area contributed by atoms with E-state index in [1.165, 1.54) is 44.9 Å². The molecule has 0 atom stereocenters. The molecule has 2 aromatic rings. The molecule has 30 heavy (non-hydrogen) atoms. The molecule has 0 bridgehead atoms. The Morgan fingerprint density at radius 3 is 2.00 bits per heavy atom. The zero-order valence-electron chi connectivity index (χ0n) is 19.4. The fourth-order valence-electron chi connectivity index (χ4n) is 4.02. The maximum Gasteiger partial charge on any atom is 0.205 e. The van der Waals surface area contributed by atoms with Crippen LogP contribution >= 0.6 is 0 Å². The molecule has 2 rings (SSSR count). The number of halogens is 1. The summed E-state index contributed by atoms with van der Waals surface area (Å²) in [6.45, 7) is 12.2. The van der Waals surface area contributed by atoms with Crippen LogP contribution in [0.3, 0.4) is 0 Å². The van der Waals surface area contributed by atoms with Gasteiger partial charge in [-0.25, -0.2) is 0 Å². The van der Waals surface area contributed by atoms with E-state index in [0.29, 0.717) is 12.3 Å². The number of nitrogens with zero attached hydrogens (tertiary/aromatic N) is 2. The third-order valence-corrected chi connectivity index (χ3v) is 6.03. The number of ether oxygens (including phenoxy) is 1. The first-order valence-electron chi connectivity index (χ1n) is 11.9. The molecule has 1 aromatic carbocycles. The van der Waals surface area contributed by atoms with Gasteiger partial charge >= 0.3 is 0 Å². The second kappa shape index (κ2) is 15.5. The van der Waals surface area contributed by atoms with E-state index in [-0.39, 0.29) is 12.4 Å². The highest BCUT2D eigenvalue weighted by molar-refractivity contribution is 5.75. The normalized spacial score (nSPS) is 11.3. The van der Waals surface area contributed by atoms with Crippen LogP contribution in [0.5, 0.6) is 0 Å². The van der Waals surface area contributed by atoms with E-state index in [1.807, 2.05) is 4.57 Å². The molecule has 5 nitrogen and oxygen atoms in total. The van der Waals surface area contributed by atoms with Crippen LogP contribution in [-0.4, -0.2) is 35.4 Å². The molecule has 0 aliphatic heterocycles. The number of hydrogen-bond acceptors (Lipinski definition) is 2. The van der Waals surface area contributed by atoms with Gasteiger partial charge in [0.05, 0.1) is 37.2 Å². The van der Waals surface area contributed by atoms with E-state index >= 15 is 0 Å². The standard InChI is InChI=1S/C24H42N4O.ClH/c1-4-7-8-9-10-11-12-15-20-29-21-28-23-17-14-13-16-22(23)27(24(28)25)19-18-26(5-2)6-3;/h13-14,16-17,25H,4-12,15,18-21H2,1-3H3;1H. The van der Waals surface area contributed by atoms with Gasteiger partial charge < -0.3 is 26.6 Å². The topological polar surface area (TPSA) is 47.4 Å². The molecule has 0 spiro atoms. The fourth-order valence-corrected chi connectivity index (χ4v) is 4.02. The van der Waals surface area contributed by atoms with Crippen LogP contribution in [0.2, 0.25) is 0 Å². The minimum Gasteiger partial charge on any atom is -1.00 e. The van der Waals surface area contributed by atoms with Crippen LogP contribution in [0.15, 0.2) is 24.3 Å². The van der Waals surface area contributed by atoms with Crippen molar-refractivity contribution < 1.29 is 22.0 Å². The van der Waals surface area contributed by atoms with Crippen LogP contribution in [0.4, 0.5) is 0 Å². The van der Waals surface area contributed by atoms with Crippen molar-refractivity contribution in [1.29, 1.82) is 5.41 Å². The summed E-state index contributed by atoms with van der Waals surface area (Å²) in [4.78, 5) is 1.57. The van der Waals surface area contributed by atoms with Gasteiger partial charge in [-0.15, -0.1) is 0 Å². The summed E-state index contributed by atoms with van der Waals surface area (Å²) in [5, 5.41) is 8.70. The summed E-state index contributed by atoms with van der Waals surface area (Å²) in [5.41, 5.74) is 2.79. The van der Waals surface area contributed by atoms with Crippen molar-refractivity contribution in [2.24, 2.45) is 0 Å². The minimum atomic E-state index is 0. The Hall–Kier alpha value is -1.30. The number of quaternary nitrogens is 1. The number of aromatic nitrogens is 2. The van der Waals surface area contributed by atoms with Crippen LogP contribution in [0.1, 0.15) is 72.1 Å².